The standard InChI is InChI=1S/C31H38FN3O6S/c1-21-12-15-25(16-13-21)42(38,39)35(24-14-17-27(40-6)28(18-24)41-7)20-29(36)34(19-23-10-8-9-11-26(23)32)22(2)30(37)33-31(3,4)5/h8-18,22H,19-20H2,1-7H3,(H,33,37)/t22-/m0/s1. The molecule has 0 spiro atoms. The average molecular weight is 600 g/mol. The third kappa shape index (κ3) is 7.79. The first-order chi connectivity index (χ1) is 19.7. The van der Waals surface area contributed by atoms with E-state index in [1.165, 1.54) is 74.6 Å². The molecule has 11 heteroatoms. The summed E-state index contributed by atoms with van der Waals surface area (Å²) in [5, 5.41) is 2.84. The number of sulfonamides is 1. The third-order valence-electron chi connectivity index (χ3n) is 6.51. The van der Waals surface area contributed by atoms with Gasteiger partial charge >= 0.3 is 0 Å². The highest BCUT2D eigenvalue weighted by atomic mass is 32.2. The summed E-state index contributed by atoms with van der Waals surface area (Å²) in [6, 6.07) is 15.6. The second-order valence-corrected chi connectivity index (χ2v) is 12.8. The predicted octanol–water partition coefficient (Wildman–Crippen LogP) is 4.68. The van der Waals surface area contributed by atoms with Crippen LogP contribution in [0.4, 0.5) is 10.1 Å². The Morgan fingerprint density at radius 3 is 2.14 bits per heavy atom. The third-order valence-corrected chi connectivity index (χ3v) is 8.30. The zero-order valence-electron chi connectivity index (χ0n) is 25.0. The molecule has 0 aliphatic heterocycles. The lowest BCUT2D eigenvalue weighted by atomic mass is 10.1. The Labute approximate surface area is 247 Å². The molecule has 1 N–H and O–H groups in total. The number of nitrogens with zero attached hydrogens (tertiary/aromatic N) is 2. The SMILES string of the molecule is COc1ccc(N(CC(=O)N(Cc2ccccc2F)[C@@H](C)C(=O)NC(C)(C)C)S(=O)(=O)c2ccc(C)cc2)cc1OC. The molecule has 0 fully saturated rings. The number of benzene rings is 3. The van der Waals surface area contributed by atoms with Crippen molar-refractivity contribution in [2.45, 2.75) is 57.6 Å². The number of aryl methyl sites for hydroxylation is 1. The first kappa shape index (κ1) is 32.4. The van der Waals surface area contributed by atoms with Crippen LogP contribution in [-0.2, 0) is 26.2 Å². The van der Waals surface area contributed by atoms with Crippen LogP contribution >= 0.6 is 0 Å². The van der Waals surface area contributed by atoms with Crippen molar-refractivity contribution < 1.29 is 31.9 Å². The Bertz CT molecular complexity index is 1520. The van der Waals surface area contributed by atoms with Crippen molar-refractivity contribution in [3.8, 4) is 11.5 Å². The van der Waals surface area contributed by atoms with Crippen molar-refractivity contribution in [3.05, 3.63) is 83.7 Å². The van der Waals surface area contributed by atoms with Gasteiger partial charge in [0, 0.05) is 23.7 Å². The highest BCUT2D eigenvalue weighted by Gasteiger charge is 2.34. The summed E-state index contributed by atoms with van der Waals surface area (Å²) in [6.45, 7) is 7.82. The number of hydrogen-bond donors (Lipinski definition) is 1. The number of hydrogen-bond acceptors (Lipinski definition) is 6. The molecule has 0 saturated heterocycles. The van der Waals surface area contributed by atoms with Crippen LogP contribution in [0.15, 0.2) is 71.6 Å². The summed E-state index contributed by atoms with van der Waals surface area (Å²) in [5.41, 5.74) is 0.579. The fraction of sp³-hybridized carbons (Fsp3) is 0.355. The molecule has 3 rings (SSSR count). The van der Waals surface area contributed by atoms with Crippen LogP contribution in [0.25, 0.3) is 0 Å². The normalized spacial score (nSPS) is 12.3. The minimum absolute atomic E-state index is 0.0325. The fourth-order valence-corrected chi connectivity index (χ4v) is 5.62. The second-order valence-electron chi connectivity index (χ2n) is 10.9. The van der Waals surface area contributed by atoms with Gasteiger partial charge in [-0.3, -0.25) is 13.9 Å². The molecular weight excluding hydrogens is 561 g/mol. The van der Waals surface area contributed by atoms with E-state index in [0.717, 1.165) is 9.87 Å². The molecule has 0 unspecified atom stereocenters. The number of rotatable bonds is 11. The lowest BCUT2D eigenvalue weighted by molar-refractivity contribution is -0.140. The highest BCUT2D eigenvalue weighted by molar-refractivity contribution is 7.92. The fourth-order valence-electron chi connectivity index (χ4n) is 4.21. The predicted molar refractivity (Wildman–Crippen MR) is 160 cm³/mol. The van der Waals surface area contributed by atoms with Crippen molar-refractivity contribution in [2.75, 3.05) is 25.1 Å². The van der Waals surface area contributed by atoms with E-state index in [4.69, 9.17) is 9.47 Å². The van der Waals surface area contributed by atoms with E-state index in [2.05, 4.69) is 5.32 Å². The van der Waals surface area contributed by atoms with Gasteiger partial charge in [-0.1, -0.05) is 35.9 Å². The Morgan fingerprint density at radius 1 is 0.952 bits per heavy atom. The molecule has 0 radical (unpaired) electrons. The van der Waals surface area contributed by atoms with E-state index in [0.29, 0.717) is 5.75 Å². The van der Waals surface area contributed by atoms with E-state index in [1.807, 2.05) is 6.92 Å². The molecule has 2 amide bonds. The first-order valence-corrected chi connectivity index (χ1v) is 14.8. The number of amides is 2. The van der Waals surface area contributed by atoms with Crippen LogP contribution < -0.4 is 19.1 Å². The maximum atomic E-state index is 14.7. The zero-order valence-corrected chi connectivity index (χ0v) is 25.8. The van der Waals surface area contributed by atoms with Gasteiger partial charge < -0.3 is 19.7 Å². The average Bonchev–Trinajstić information content (AvgIpc) is 2.93. The van der Waals surface area contributed by atoms with Crippen LogP contribution in [0.5, 0.6) is 11.5 Å². The Morgan fingerprint density at radius 2 is 1.57 bits per heavy atom. The summed E-state index contributed by atoms with van der Waals surface area (Å²) in [6.07, 6.45) is 0. The topological polar surface area (TPSA) is 105 Å². The van der Waals surface area contributed by atoms with Crippen LogP contribution in [0, 0.1) is 12.7 Å². The van der Waals surface area contributed by atoms with E-state index in [9.17, 15) is 22.4 Å². The first-order valence-electron chi connectivity index (χ1n) is 13.3. The van der Waals surface area contributed by atoms with Crippen molar-refractivity contribution in [1.29, 1.82) is 0 Å². The summed E-state index contributed by atoms with van der Waals surface area (Å²) in [4.78, 5) is 28.3. The number of halogens is 1. The minimum Gasteiger partial charge on any atom is -0.493 e. The maximum absolute atomic E-state index is 14.7. The maximum Gasteiger partial charge on any atom is 0.264 e. The quantitative estimate of drug-likeness (QED) is 0.343. The van der Waals surface area contributed by atoms with Crippen molar-refractivity contribution in [2.24, 2.45) is 0 Å². The second kappa shape index (κ2) is 13.2. The molecule has 0 saturated carbocycles. The number of carbonyl (C=O) groups is 2. The van der Waals surface area contributed by atoms with Crippen molar-refractivity contribution in [1.82, 2.24) is 10.2 Å². The molecule has 3 aromatic carbocycles. The lowest BCUT2D eigenvalue weighted by Crippen LogP contribution is -2.54. The number of methoxy groups -OCH3 is 2. The molecule has 0 aromatic heterocycles. The molecule has 0 aliphatic rings. The van der Waals surface area contributed by atoms with Gasteiger partial charge in [-0.05, 0) is 65.0 Å². The molecule has 9 nitrogen and oxygen atoms in total. The Kier molecular flexibility index (Phi) is 10.2. The molecule has 0 bridgehead atoms. The van der Waals surface area contributed by atoms with E-state index >= 15 is 0 Å². The molecule has 226 valence electrons. The number of nitrogens with one attached hydrogen (secondary N) is 1. The number of ether oxygens (including phenoxy) is 2. The summed E-state index contributed by atoms with van der Waals surface area (Å²) >= 11 is 0. The van der Waals surface area contributed by atoms with Gasteiger partial charge in [0.15, 0.2) is 11.5 Å². The molecule has 42 heavy (non-hydrogen) atoms. The summed E-state index contributed by atoms with van der Waals surface area (Å²) in [5.74, 6) is -1.10. The van der Waals surface area contributed by atoms with E-state index in [-0.39, 0.29) is 28.4 Å². The van der Waals surface area contributed by atoms with Gasteiger partial charge in [0.05, 0.1) is 24.8 Å². The zero-order chi connectivity index (χ0) is 31.2. The molecule has 0 heterocycles. The van der Waals surface area contributed by atoms with Crippen LogP contribution in [0.2, 0.25) is 0 Å². The Hall–Kier alpha value is -4.12. The van der Waals surface area contributed by atoms with E-state index in [1.54, 1.807) is 39.0 Å². The van der Waals surface area contributed by atoms with Gasteiger partial charge in [-0.2, -0.15) is 0 Å². The monoisotopic (exact) mass is 599 g/mol. The van der Waals surface area contributed by atoms with Gasteiger partial charge in [-0.25, -0.2) is 12.8 Å². The molecular formula is C31H38FN3O6S. The van der Waals surface area contributed by atoms with Crippen LogP contribution in [0.1, 0.15) is 38.8 Å². The van der Waals surface area contributed by atoms with Crippen molar-refractivity contribution >= 4 is 27.5 Å². The van der Waals surface area contributed by atoms with Gasteiger partial charge in [0.1, 0.15) is 18.4 Å². The molecule has 0 aliphatic carbocycles. The molecule has 1 atom stereocenters. The van der Waals surface area contributed by atoms with Gasteiger partial charge in [0.2, 0.25) is 11.8 Å². The number of anilines is 1. The summed E-state index contributed by atoms with van der Waals surface area (Å²) in [7, 11) is -1.42. The lowest BCUT2D eigenvalue weighted by Gasteiger charge is -2.33. The smallest absolute Gasteiger partial charge is 0.264 e. The van der Waals surface area contributed by atoms with Gasteiger partial charge in [-0.15, -0.1) is 0 Å². The van der Waals surface area contributed by atoms with Crippen LogP contribution in [0.3, 0.4) is 0 Å². The summed E-state index contributed by atoms with van der Waals surface area (Å²) < 4.78 is 54.3. The van der Waals surface area contributed by atoms with Crippen molar-refractivity contribution in [3.63, 3.8) is 0 Å². The van der Waals surface area contributed by atoms with Crippen LogP contribution in [-0.4, -0.2) is 57.5 Å². The van der Waals surface area contributed by atoms with Gasteiger partial charge in [0.25, 0.3) is 10.0 Å². The minimum atomic E-state index is -4.28. The largest absolute Gasteiger partial charge is 0.493 e. The number of carbonyl (C=O) groups excluding carboxylic acids is 2. The molecule has 3 aromatic rings. The Balaban J connectivity index is 2.11. The van der Waals surface area contributed by atoms with E-state index < -0.39 is 45.8 Å². The highest BCUT2D eigenvalue weighted by Crippen LogP contribution is 2.34.